The predicted molar refractivity (Wildman–Crippen MR) is 87.2 cm³/mol. The fourth-order valence-corrected chi connectivity index (χ4v) is 3.63. The molecule has 1 N–H and O–H groups in total. The van der Waals surface area contributed by atoms with Crippen molar-refractivity contribution in [2.45, 2.75) is 39.3 Å². The van der Waals surface area contributed by atoms with Gasteiger partial charge in [0.15, 0.2) is 0 Å². The van der Waals surface area contributed by atoms with Crippen molar-refractivity contribution in [2.75, 3.05) is 18.0 Å². The summed E-state index contributed by atoms with van der Waals surface area (Å²) < 4.78 is 1.01. The van der Waals surface area contributed by atoms with Gasteiger partial charge in [0.1, 0.15) is 0 Å². The first-order valence-electron chi connectivity index (χ1n) is 7.00. The van der Waals surface area contributed by atoms with Crippen LogP contribution < -0.4 is 10.2 Å². The Morgan fingerprint density at radius 2 is 2.16 bits per heavy atom. The molecule has 0 spiro atoms. The molecule has 19 heavy (non-hydrogen) atoms. The highest BCUT2D eigenvalue weighted by molar-refractivity contribution is 9.10. The molecule has 0 radical (unpaired) electrons. The Bertz CT molecular complexity index is 438. The summed E-state index contributed by atoms with van der Waals surface area (Å²) in [4.78, 5) is 2.47. The predicted octanol–water partition coefficient (Wildman–Crippen LogP) is 4.32. The summed E-state index contributed by atoms with van der Waals surface area (Å²) in [6.07, 6.45) is 1.18. The van der Waals surface area contributed by atoms with Crippen LogP contribution in [0.1, 0.15) is 27.2 Å². The lowest BCUT2D eigenvalue weighted by Crippen LogP contribution is -2.53. The van der Waals surface area contributed by atoms with Crippen molar-refractivity contribution in [3.8, 4) is 0 Å². The van der Waals surface area contributed by atoms with Gasteiger partial charge in [-0.2, -0.15) is 0 Å². The maximum absolute atomic E-state index is 6.21. The molecule has 2 rings (SSSR count). The number of anilines is 1. The van der Waals surface area contributed by atoms with E-state index in [1.165, 1.54) is 12.1 Å². The molecule has 106 valence electrons. The van der Waals surface area contributed by atoms with E-state index in [4.69, 9.17) is 11.6 Å². The molecule has 3 atom stereocenters. The molecule has 1 saturated heterocycles. The third kappa shape index (κ3) is 3.09. The van der Waals surface area contributed by atoms with Crippen LogP contribution in [0.15, 0.2) is 22.7 Å². The average molecular weight is 346 g/mol. The van der Waals surface area contributed by atoms with Crippen molar-refractivity contribution in [3.63, 3.8) is 0 Å². The van der Waals surface area contributed by atoms with Crippen LogP contribution in [0.5, 0.6) is 0 Å². The largest absolute Gasteiger partial charge is 0.367 e. The van der Waals surface area contributed by atoms with Crippen LogP contribution in [0.2, 0.25) is 5.02 Å². The summed E-state index contributed by atoms with van der Waals surface area (Å²) in [7, 11) is 0. The number of piperidine rings is 1. The lowest BCUT2D eigenvalue weighted by molar-refractivity contribution is 0.274. The molecule has 2 nitrogen and oxygen atoms in total. The number of nitrogens with zero attached hydrogens (tertiary/aromatic N) is 1. The van der Waals surface area contributed by atoms with E-state index < -0.39 is 0 Å². The van der Waals surface area contributed by atoms with E-state index in [0.29, 0.717) is 18.0 Å². The average Bonchev–Trinajstić information content (AvgIpc) is 2.39. The van der Waals surface area contributed by atoms with Crippen molar-refractivity contribution in [1.82, 2.24) is 5.32 Å². The molecule has 0 saturated carbocycles. The first-order chi connectivity index (χ1) is 9.06. The Balaban J connectivity index is 2.21. The summed E-state index contributed by atoms with van der Waals surface area (Å²) in [5, 5.41) is 4.38. The molecule has 1 aliphatic rings. The summed E-state index contributed by atoms with van der Waals surface area (Å²) in [6, 6.07) is 7.22. The molecule has 1 fully saturated rings. The second-order valence-corrected chi connectivity index (χ2v) is 6.52. The molecule has 1 heterocycles. The van der Waals surface area contributed by atoms with Gasteiger partial charge in [-0.15, -0.1) is 0 Å². The minimum atomic E-state index is 0.507. The molecule has 1 aromatic carbocycles. The number of hydrogen-bond donors (Lipinski definition) is 1. The Morgan fingerprint density at radius 1 is 1.42 bits per heavy atom. The highest BCUT2D eigenvalue weighted by Gasteiger charge is 2.32. The maximum atomic E-state index is 6.21. The van der Waals surface area contributed by atoms with Crippen LogP contribution in [0.4, 0.5) is 5.69 Å². The summed E-state index contributed by atoms with van der Waals surface area (Å²) >= 11 is 9.83. The molecule has 1 aliphatic heterocycles. The van der Waals surface area contributed by atoms with E-state index >= 15 is 0 Å². The van der Waals surface area contributed by atoms with Crippen LogP contribution in [0.25, 0.3) is 0 Å². The zero-order valence-corrected chi connectivity index (χ0v) is 14.1. The highest BCUT2D eigenvalue weighted by atomic mass is 79.9. The fourth-order valence-electron chi connectivity index (χ4n) is 2.97. The zero-order valence-electron chi connectivity index (χ0n) is 11.8. The van der Waals surface area contributed by atoms with Gasteiger partial charge in [0.05, 0.1) is 15.2 Å². The minimum Gasteiger partial charge on any atom is -0.367 e. The number of hydrogen-bond acceptors (Lipinski definition) is 2. The summed E-state index contributed by atoms with van der Waals surface area (Å²) in [5.74, 6) is 0.625. The molecule has 1 aromatic rings. The van der Waals surface area contributed by atoms with Crippen molar-refractivity contribution in [2.24, 2.45) is 5.92 Å². The minimum absolute atomic E-state index is 0.507. The van der Waals surface area contributed by atoms with Crippen molar-refractivity contribution >= 4 is 33.2 Å². The Labute approximate surface area is 129 Å². The fraction of sp³-hybridized carbons (Fsp3) is 0.600. The molecular weight excluding hydrogens is 324 g/mol. The van der Waals surface area contributed by atoms with E-state index in [9.17, 15) is 0 Å². The number of nitrogens with one attached hydrogen (secondary N) is 1. The van der Waals surface area contributed by atoms with Gasteiger partial charge in [0.2, 0.25) is 0 Å². The highest BCUT2D eigenvalue weighted by Crippen LogP contribution is 2.37. The SMILES string of the molecule is CCNC1CCN(c2cccc(Cl)c2Br)C(C)C1C. The first kappa shape index (κ1) is 15.1. The molecule has 0 aliphatic carbocycles. The van der Waals surface area contributed by atoms with Gasteiger partial charge in [-0.05, 0) is 53.9 Å². The van der Waals surface area contributed by atoms with E-state index in [1.54, 1.807) is 0 Å². The van der Waals surface area contributed by atoms with E-state index in [-0.39, 0.29) is 0 Å². The maximum Gasteiger partial charge on any atom is 0.0595 e. The van der Waals surface area contributed by atoms with Crippen LogP contribution in [-0.2, 0) is 0 Å². The lowest BCUT2D eigenvalue weighted by Gasteiger charge is -2.44. The Kier molecular flexibility index (Phi) is 5.15. The van der Waals surface area contributed by atoms with Gasteiger partial charge in [-0.1, -0.05) is 31.5 Å². The van der Waals surface area contributed by atoms with Gasteiger partial charge in [0.25, 0.3) is 0 Å². The van der Waals surface area contributed by atoms with Crippen LogP contribution >= 0.6 is 27.5 Å². The van der Waals surface area contributed by atoms with Crippen LogP contribution in [0.3, 0.4) is 0 Å². The van der Waals surface area contributed by atoms with Crippen molar-refractivity contribution in [1.29, 1.82) is 0 Å². The standard InChI is InChI=1S/C15H22BrClN2/c1-4-18-13-8-9-19(11(3)10(13)2)14-7-5-6-12(17)15(14)16/h5-7,10-11,13,18H,4,8-9H2,1-3H3. The van der Waals surface area contributed by atoms with E-state index in [0.717, 1.165) is 22.6 Å². The van der Waals surface area contributed by atoms with Crippen LogP contribution in [0, 0.1) is 5.92 Å². The molecule has 0 amide bonds. The number of rotatable bonds is 3. The zero-order chi connectivity index (χ0) is 14.0. The quantitative estimate of drug-likeness (QED) is 0.878. The van der Waals surface area contributed by atoms with Gasteiger partial charge in [0, 0.05) is 18.6 Å². The summed E-state index contributed by atoms with van der Waals surface area (Å²) in [5.41, 5.74) is 1.21. The number of benzene rings is 1. The third-order valence-corrected chi connectivity index (χ3v) is 5.65. The lowest BCUT2D eigenvalue weighted by atomic mass is 9.86. The van der Waals surface area contributed by atoms with E-state index in [1.807, 2.05) is 12.1 Å². The second-order valence-electron chi connectivity index (χ2n) is 5.32. The van der Waals surface area contributed by atoms with E-state index in [2.05, 4.69) is 53.0 Å². The third-order valence-electron chi connectivity index (χ3n) is 4.28. The molecule has 3 unspecified atom stereocenters. The summed E-state index contributed by atoms with van der Waals surface area (Å²) in [6.45, 7) is 8.94. The van der Waals surface area contributed by atoms with Crippen molar-refractivity contribution in [3.05, 3.63) is 27.7 Å². The molecular formula is C15H22BrClN2. The molecule has 4 heteroatoms. The Hall–Kier alpha value is -0.250. The van der Waals surface area contributed by atoms with Crippen LogP contribution in [-0.4, -0.2) is 25.2 Å². The molecule has 0 bridgehead atoms. The smallest absolute Gasteiger partial charge is 0.0595 e. The number of halogens is 2. The van der Waals surface area contributed by atoms with Gasteiger partial charge >= 0.3 is 0 Å². The normalized spacial score (nSPS) is 27.6. The molecule has 0 aromatic heterocycles. The van der Waals surface area contributed by atoms with Gasteiger partial charge < -0.3 is 10.2 Å². The monoisotopic (exact) mass is 344 g/mol. The van der Waals surface area contributed by atoms with Gasteiger partial charge in [-0.25, -0.2) is 0 Å². The van der Waals surface area contributed by atoms with Gasteiger partial charge in [-0.3, -0.25) is 0 Å². The first-order valence-corrected chi connectivity index (χ1v) is 8.17. The second kappa shape index (κ2) is 6.47. The van der Waals surface area contributed by atoms with Crippen molar-refractivity contribution < 1.29 is 0 Å². The topological polar surface area (TPSA) is 15.3 Å². The Morgan fingerprint density at radius 3 is 2.84 bits per heavy atom.